The molecule has 1 fully saturated rings. The monoisotopic (exact) mass is 268 g/mol. The van der Waals surface area contributed by atoms with Crippen LogP contribution in [0.1, 0.15) is 11.3 Å². The van der Waals surface area contributed by atoms with E-state index in [4.69, 9.17) is 9.15 Å². The number of aliphatic hydroxyl groups excluding tert-OH is 1. The summed E-state index contributed by atoms with van der Waals surface area (Å²) in [5, 5.41) is 10.1. The molecule has 5 heteroatoms. The first-order valence-electron chi connectivity index (χ1n) is 6.85. The van der Waals surface area contributed by atoms with Crippen LogP contribution in [0.15, 0.2) is 16.7 Å². The molecule has 108 valence electrons. The topological polar surface area (TPSA) is 49.1 Å². The van der Waals surface area contributed by atoms with Gasteiger partial charge in [-0.1, -0.05) is 0 Å². The highest BCUT2D eigenvalue weighted by molar-refractivity contribution is 5.14. The van der Waals surface area contributed by atoms with Gasteiger partial charge in [0.05, 0.1) is 25.6 Å². The second kappa shape index (κ2) is 7.05. The zero-order valence-corrected chi connectivity index (χ0v) is 11.8. The molecule has 0 radical (unpaired) electrons. The molecule has 0 aliphatic carbocycles. The molecule has 0 saturated carbocycles. The summed E-state index contributed by atoms with van der Waals surface area (Å²) in [6, 6.07) is 1.99. The van der Waals surface area contributed by atoms with Crippen molar-refractivity contribution in [3.8, 4) is 0 Å². The maximum absolute atomic E-state index is 10.1. The van der Waals surface area contributed by atoms with Crippen LogP contribution in [-0.2, 0) is 11.3 Å². The summed E-state index contributed by atoms with van der Waals surface area (Å²) in [7, 11) is 2.02. The molecule has 1 aromatic rings. The number of rotatable bonds is 6. The predicted octanol–water partition coefficient (Wildman–Crippen LogP) is 0.713. The molecule has 0 bridgehead atoms. The van der Waals surface area contributed by atoms with Crippen molar-refractivity contribution in [3.63, 3.8) is 0 Å². The summed E-state index contributed by atoms with van der Waals surface area (Å²) in [5.41, 5.74) is 1.18. The molecular formula is C14H24N2O3. The van der Waals surface area contributed by atoms with Crippen molar-refractivity contribution in [3.05, 3.63) is 23.7 Å². The second-order valence-electron chi connectivity index (χ2n) is 5.27. The summed E-state index contributed by atoms with van der Waals surface area (Å²) in [4.78, 5) is 4.38. The van der Waals surface area contributed by atoms with E-state index in [1.54, 1.807) is 6.26 Å². The zero-order chi connectivity index (χ0) is 13.7. The summed E-state index contributed by atoms with van der Waals surface area (Å²) < 4.78 is 10.6. The van der Waals surface area contributed by atoms with Gasteiger partial charge in [0.1, 0.15) is 5.76 Å². The zero-order valence-electron chi connectivity index (χ0n) is 11.8. The molecule has 1 unspecified atom stereocenters. The number of furan rings is 1. The van der Waals surface area contributed by atoms with Crippen molar-refractivity contribution >= 4 is 0 Å². The third-order valence-electron chi connectivity index (χ3n) is 3.50. The summed E-state index contributed by atoms with van der Waals surface area (Å²) >= 11 is 0. The summed E-state index contributed by atoms with van der Waals surface area (Å²) in [6.07, 6.45) is 1.39. The summed E-state index contributed by atoms with van der Waals surface area (Å²) in [6.45, 7) is 7.55. The molecule has 19 heavy (non-hydrogen) atoms. The molecule has 1 aliphatic heterocycles. The number of hydrogen-bond donors (Lipinski definition) is 1. The number of nitrogens with zero attached hydrogens (tertiary/aromatic N) is 2. The Morgan fingerprint density at radius 3 is 2.79 bits per heavy atom. The van der Waals surface area contributed by atoms with Gasteiger partial charge >= 0.3 is 0 Å². The van der Waals surface area contributed by atoms with Crippen molar-refractivity contribution < 1.29 is 14.3 Å². The van der Waals surface area contributed by atoms with Crippen LogP contribution >= 0.6 is 0 Å². The Bertz CT molecular complexity index is 375. The fourth-order valence-corrected chi connectivity index (χ4v) is 2.43. The number of ether oxygens (including phenoxy) is 1. The maximum Gasteiger partial charge on any atom is 0.105 e. The van der Waals surface area contributed by atoms with E-state index in [2.05, 4.69) is 9.80 Å². The van der Waals surface area contributed by atoms with Gasteiger partial charge in [0.2, 0.25) is 0 Å². The minimum atomic E-state index is -0.324. The molecule has 1 aromatic heterocycles. The SMILES string of the molecule is Cc1occc1CN(C)CC(O)CN1CCOCC1. The Balaban J connectivity index is 1.72. The van der Waals surface area contributed by atoms with E-state index in [0.717, 1.165) is 45.2 Å². The molecule has 2 rings (SSSR count). The lowest BCUT2D eigenvalue weighted by Crippen LogP contribution is -2.43. The first kappa shape index (κ1) is 14.5. The first-order valence-corrected chi connectivity index (χ1v) is 6.85. The van der Waals surface area contributed by atoms with Crippen molar-refractivity contribution in [1.82, 2.24) is 9.80 Å². The van der Waals surface area contributed by atoms with Crippen LogP contribution in [0, 0.1) is 6.92 Å². The van der Waals surface area contributed by atoms with Crippen LogP contribution in [0.5, 0.6) is 0 Å². The lowest BCUT2D eigenvalue weighted by atomic mass is 10.2. The fourth-order valence-electron chi connectivity index (χ4n) is 2.43. The van der Waals surface area contributed by atoms with Crippen LogP contribution in [0.2, 0.25) is 0 Å². The smallest absolute Gasteiger partial charge is 0.105 e. The van der Waals surface area contributed by atoms with E-state index >= 15 is 0 Å². The first-order chi connectivity index (χ1) is 9.15. The molecular weight excluding hydrogens is 244 g/mol. The molecule has 0 spiro atoms. The average molecular weight is 268 g/mol. The van der Waals surface area contributed by atoms with Gasteiger partial charge in [-0.25, -0.2) is 0 Å². The summed E-state index contributed by atoms with van der Waals surface area (Å²) in [5.74, 6) is 0.953. The Labute approximate surface area is 114 Å². The van der Waals surface area contributed by atoms with Crippen molar-refractivity contribution in [2.24, 2.45) is 0 Å². The Morgan fingerprint density at radius 1 is 1.42 bits per heavy atom. The molecule has 2 heterocycles. The van der Waals surface area contributed by atoms with Crippen LogP contribution in [0.4, 0.5) is 0 Å². The lowest BCUT2D eigenvalue weighted by Gasteiger charge is -2.30. The van der Waals surface area contributed by atoms with Crippen LogP contribution < -0.4 is 0 Å². The second-order valence-corrected chi connectivity index (χ2v) is 5.27. The highest BCUT2D eigenvalue weighted by Crippen LogP contribution is 2.11. The third kappa shape index (κ3) is 4.62. The quantitative estimate of drug-likeness (QED) is 0.823. The minimum Gasteiger partial charge on any atom is -0.469 e. The predicted molar refractivity (Wildman–Crippen MR) is 73.0 cm³/mol. The fraction of sp³-hybridized carbons (Fsp3) is 0.714. The van der Waals surface area contributed by atoms with E-state index in [9.17, 15) is 5.11 Å². The molecule has 1 atom stereocenters. The van der Waals surface area contributed by atoms with E-state index in [-0.39, 0.29) is 6.10 Å². The van der Waals surface area contributed by atoms with Crippen LogP contribution in [-0.4, -0.2) is 67.5 Å². The van der Waals surface area contributed by atoms with Gasteiger partial charge < -0.3 is 14.3 Å². The van der Waals surface area contributed by atoms with E-state index < -0.39 is 0 Å². The van der Waals surface area contributed by atoms with Crippen molar-refractivity contribution in [2.45, 2.75) is 19.6 Å². The number of aryl methyl sites for hydroxylation is 1. The van der Waals surface area contributed by atoms with Gasteiger partial charge in [0.25, 0.3) is 0 Å². The Hall–Kier alpha value is -0.880. The van der Waals surface area contributed by atoms with Crippen LogP contribution in [0.25, 0.3) is 0 Å². The number of hydrogen-bond acceptors (Lipinski definition) is 5. The van der Waals surface area contributed by atoms with E-state index in [1.165, 1.54) is 5.56 Å². The van der Waals surface area contributed by atoms with Gasteiger partial charge in [0, 0.05) is 38.3 Å². The number of morpholine rings is 1. The molecule has 1 N–H and O–H groups in total. The van der Waals surface area contributed by atoms with Gasteiger partial charge in [-0.15, -0.1) is 0 Å². The number of aliphatic hydroxyl groups is 1. The molecule has 0 amide bonds. The molecule has 1 saturated heterocycles. The third-order valence-corrected chi connectivity index (χ3v) is 3.50. The molecule has 0 aromatic carbocycles. The van der Waals surface area contributed by atoms with E-state index in [1.807, 2.05) is 20.0 Å². The highest BCUT2D eigenvalue weighted by atomic mass is 16.5. The van der Waals surface area contributed by atoms with Crippen molar-refractivity contribution in [2.75, 3.05) is 46.4 Å². The van der Waals surface area contributed by atoms with Gasteiger partial charge in [-0.3, -0.25) is 9.80 Å². The lowest BCUT2D eigenvalue weighted by molar-refractivity contribution is 0.00823. The van der Waals surface area contributed by atoms with E-state index in [0.29, 0.717) is 6.54 Å². The normalized spacial score (nSPS) is 18.9. The Kier molecular flexibility index (Phi) is 5.39. The van der Waals surface area contributed by atoms with Crippen molar-refractivity contribution in [1.29, 1.82) is 0 Å². The average Bonchev–Trinajstić information content (AvgIpc) is 2.76. The minimum absolute atomic E-state index is 0.324. The molecule has 1 aliphatic rings. The van der Waals surface area contributed by atoms with Gasteiger partial charge in [-0.05, 0) is 20.0 Å². The standard InChI is InChI=1S/C14H24N2O3/c1-12-13(3-6-19-12)9-15(2)10-14(17)11-16-4-7-18-8-5-16/h3,6,14,17H,4-5,7-11H2,1-2H3. The van der Waals surface area contributed by atoms with Gasteiger partial charge in [0.15, 0.2) is 0 Å². The maximum atomic E-state index is 10.1. The van der Waals surface area contributed by atoms with Gasteiger partial charge in [-0.2, -0.15) is 0 Å². The number of β-amino-alcohol motifs (C(OH)–C–C–N with tert-alkyl or cyclic N) is 1. The Morgan fingerprint density at radius 2 is 2.16 bits per heavy atom. The molecule has 5 nitrogen and oxygen atoms in total. The highest BCUT2D eigenvalue weighted by Gasteiger charge is 2.16. The largest absolute Gasteiger partial charge is 0.469 e. The van der Waals surface area contributed by atoms with Crippen LogP contribution in [0.3, 0.4) is 0 Å². The number of likely N-dealkylation sites (N-methyl/N-ethyl adjacent to an activating group) is 1.